The lowest BCUT2D eigenvalue weighted by Crippen LogP contribution is -2.42. The van der Waals surface area contributed by atoms with Crippen molar-refractivity contribution >= 4 is 15.9 Å². The summed E-state index contributed by atoms with van der Waals surface area (Å²) < 4.78 is 28.2. The van der Waals surface area contributed by atoms with E-state index in [-0.39, 0.29) is 5.75 Å². The number of hydrogen-bond donors (Lipinski definition) is 2. The predicted octanol–water partition coefficient (Wildman–Crippen LogP) is 1.78. The Morgan fingerprint density at radius 1 is 1.44 bits per heavy atom. The fourth-order valence-corrected chi connectivity index (χ4v) is 3.52. The van der Waals surface area contributed by atoms with Gasteiger partial charge in [-0.3, -0.25) is 4.72 Å². The van der Waals surface area contributed by atoms with Gasteiger partial charge in [0.05, 0.1) is 5.69 Å². The minimum absolute atomic E-state index is 0.0437. The molecule has 0 spiro atoms. The van der Waals surface area contributed by atoms with Crippen LogP contribution in [-0.4, -0.2) is 30.9 Å². The quantitative estimate of drug-likeness (QED) is 0.879. The fourth-order valence-electron chi connectivity index (χ4n) is 2.15. The van der Waals surface area contributed by atoms with Gasteiger partial charge in [-0.2, -0.15) is 12.7 Å². The molecule has 1 atom stereocenters. The Morgan fingerprint density at radius 3 is 2.89 bits per heavy atom. The molecule has 1 fully saturated rings. The summed E-state index contributed by atoms with van der Waals surface area (Å²) >= 11 is 0. The topological polar surface area (TPSA) is 69.6 Å². The lowest BCUT2D eigenvalue weighted by atomic mass is 10.0. The lowest BCUT2D eigenvalue weighted by Gasteiger charge is -2.30. The van der Waals surface area contributed by atoms with Gasteiger partial charge in [0.15, 0.2) is 0 Å². The van der Waals surface area contributed by atoms with Gasteiger partial charge in [-0.25, -0.2) is 0 Å². The highest BCUT2D eigenvalue weighted by Gasteiger charge is 2.26. The highest BCUT2D eigenvalue weighted by molar-refractivity contribution is 7.90. The van der Waals surface area contributed by atoms with Crippen LogP contribution in [0.3, 0.4) is 0 Å². The van der Waals surface area contributed by atoms with E-state index in [0.29, 0.717) is 24.7 Å². The van der Waals surface area contributed by atoms with Crippen LogP contribution in [0.2, 0.25) is 0 Å². The summed E-state index contributed by atoms with van der Waals surface area (Å²) in [5, 5.41) is 9.31. The molecule has 2 rings (SSSR count). The van der Waals surface area contributed by atoms with E-state index in [2.05, 4.69) is 11.6 Å². The maximum absolute atomic E-state index is 12.1. The maximum Gasteiger partial charge on any atom is 0.301 e. The first-order valence-electron chi connectivity index (χ1n) is 6.04. The van der Waals surface area contributed by atoms with Crippen molar-refractivity contribution in [3.8, 4) is 5.75 Å². The molecular formula is C12H18N2O3S. The molecule has 2 N–H and O–H groups in total. The second-order valence-electron chi connectivity index (χ2n) is 4.76. The van der Waals surface area contributed by atoms with Gasteiger partial charge in [0.2, 0.25) is 0 Å². The average molecular weight is 270 g/mol. The van der Waals surface area contributed by atoms with E-state index in [0.717, 1.165) is 12.8 Å². The molecule has 1 aromatic rings. The van der Waals surface area contributed by atoms with Crippen molar-refractivity contribution in [2.75, 3.05) is 17.8 Å². The Morgan fingerprint density at radius 2 is 2.22 bits per heavy atom. The molecule has 1 aliphatic rings. The SMILES string of the molecule is CC1CCCN(S(=O)(=O)Nc2cccc(O)c2)C1. The number of phenolic OH excluding ortho intramolecular Hbond substituents is 1. The highest BCUT2D eigenvalue weighted by atomic mass is 32.2. The van der Waals surface area contributed by atoms with Gasteiger partial charge in [0.1, 0.15) is 5.75 Å². The molecule has 0 radical (unpaired) electrons. The second-order valence-corrected chi connectivity index (χ2v) is 6.43. The molecule has 18 heavy (non-hydrogen) atoms. The summed E-state index contributed by atoms with van der Waals surface area (Å²) in [6.45, 7) is 3.16. The summed E-state index contributed by atoms with van der Waals surface area (Å²) in [6, 6.07) is 6.11. The van der Waals surface area contributed by atoms with E-state index in [9.17, 15) is 13.5 Å². The molecule has 0 aliphatic carbocycles. The Hall–Kier alpha value is -1.27. The molecule has 0 amide bonds. The monoisotopic (exact) mass is 270 g/mol. The third-order valence-electron chi connectivity index (χ3n) is 3.05. The van der Waals surface area contributed by atoms with Crippen LogP contribution in [0, 0.1) is 5.92 Å². The van der Waals surface area contributed by atoms with Crippen LogP contribution in [0.4, 0.5) is 5.69 Å². The number of hydrogen-bond acceptors (Lipinski definition) is 3. The molecule has 5 nitrogen and oxygen atoms in total. The van der Waals surface area contributed by atoms with Crippen LogP contribution in [0.15, 0.2) is 24.3 Å². The van der Waals surface area contributed by atoms with Gasteiger partial charge in [0, 0.05) is 19.2 Å². The first-order chi connectivity index (χ1) is 8.47. The van der Waals surface area contributed by atoms with Crippen molar-refractivity contribution in [1.29, 1.82) is 0 Å². The maximum atomic E-state index is 12.1. The lowest BCUT2D eigenvalue weighted by molar-refractivity contribution is 0.282. The van der Waals surface area contributed by atoms with Crippen LogP contribution in [-0.2, 0) is 10.2 Å². The van der Waals surface area contributed by atoms with Crippen LogP contribution < -0.4 is 4.72 Å². The summed E-state index contributed by atoms with van der Waals surface area (Å²) in [5.74, 6) is 0.432. The standard InChI is InChI=1S/C12H18N2O3S/c1-10-4-3-7-14(9-10)18(16,17)13-11-5-2-6-12(15)8-11/h2,5-6,8,10,13,15H,3-4,7,9H2,1H3. The van der Waals surface area contributed by atoms with Crippen LogP contribution >= 0.6 is 0 Å². The van der Waals surface area contributed by atoms with Gasteiger partial charge in [-0.15, -0.1) is 0 Å². The van der Waals surface area contributed by atoms with Crippen molar-refractivity contribution in [3.05, 3.63) is 24.3 Å². The summed E-state index contributed by atoms with van der Waals surface area (Å²) in [5.41, 5.74) is 0.383. The van der Waals surface area contributed by atoms with E-state index in [4.69, 9.17) is 0 Å². The largest absolute Gasteiger partial charge is 0.508 e. The number of piperidine rings is 1. The molecular weight excluding hydrogens is 252 g/mol. The summed E-state index contributed by atoms with van der Waals surface area (Å²) in [4.78, 5) is 0. The van der Waals surface area contributed by atoms with Gasteiger partial charge < -0.3 is 5.11 Å². The van der Waals surface area contributed by atoms with E-state index >= 15 is 0 Å². The minimum Gasteiger partial charge on any atom is -0.508 e. The molecule has 1 aromatic carbocycles. The third-order valence-corrected chi connectivity index (χ3v) is 4.56. The zero-order valence-electron chi connectivity index (χ0n) is 10.3. The summed E-state index contributed by atoms with van der Waals surface area (Å²) in [7, 11) is -3.51. The van der Waals surface area contributed by atoms with Crippen LogP contribution in [0.1, 0.15) is 19.8 Å². The summed E-state index contributed by atoms with van der Waals surface area (Å²) in [6.07, 6.45) is 1.96. The van der Waals surface area contributed by atoms with Gasteiger partial charge in [0.25, 0.3) is 0 Å². The number of benzene rings is 1. The number of aromatic hydroxyl groups is 1. The molecule has 0 aromatic heterocycles. The normalized spacial score (nSPS) is 21.7. The van der Waals surface area contributed by atoms with Crippen molar-refractivity contribution < 1.29 is 13.5 Å². The Kier molecular flexibility index (Phi) is 3.77. The molecule has 1 saturated heterocycles. The average Bonchev–Trinajstić information content (AvgIpc) is 2.28. The number of rotatable bonds is 3. The van der Waals surface area contributed by atoms with Crippen LogP contribution in [0.5, 0.6) is 5.75 Å². The predicted molar refractivity (Wildman–Crippen MR) is 70.6 cm³/mol. The van der Waals surface area contributed by atoms with E-state index < -0.39 is 10.2 Å². The second kappa shape index (κ2) is 5.16. The number of nitrogens with zero attached hydrogens (tertiary/aromatic N) is 1. The molecule has 1 aliphatic heterocycles. The molecule has 0 bridgehead atoms. The Bertz CT molecular complexity index is 516. The fraction of sp³-hybridized carbons (Fsp3) is 0.500. The Balaban J connectivity index is 2.11. The number of anilines is 1. The van der Waals surface area contributed by atoms with Crippen molar-refractivity contribution in [2.45, 2.75) is 19.8 Å². The van der Waals surface area contributed by atoms with E-state index in [1.54, 1.807) is 12.1 Å². The third kappa shape index (κ3) is 3.14. The van der Waals surface area contributed by atoms with Crippen LogP contribution in [0.25, 0.3) is 0 Å². The van der Waals surface area contributed by atoms with Gasteiger partial charge >= 0.3 is 10.2 Å². The molecule has 0 saturated carbocycles. The first-order valence-corrected chi connectivity index (χ1v) is 7.48. The van der Waals surface area contributed by atoms with Gasteiger partial charge in [-0.05, 0) is 30.9 Å². The molecule has 1 unspecified atom stereocenters. The smallest absolute Gasteiger partial charge is 0.301 e. The molecule has 100 valence electrons. The first kappa shape index (κ1) is 13.2. The van der Waals surface area contributed by atoms with Crippen molar-refractivity contribution in [1.82, 2.24) is 4.31 Å². The zero-order chi connectivity index (χ0) is 13.2. The van der Waals surface area contributed by atoms with Crippen molar-refractivity contribution in [3.63, 3.8) is 0 Å². The van der Waals surface area contributed by atoms with E-state index in [1.807, 2.05) is 0 Å². The molecule has 1 heterocycles. The zero-order valence-corrected chi connectivity index (χ0v) is 11.2. The molecule has 6 heteroatoms. The number of phenols is 1. The number of nitrogens with one attached hydrogen (secondary N) is 1. The van der Waals surface area contributed by atoms with E-state index in [1.165, 1.54) is 16.4 Å². The minimum atomic E-state index is -3.51. The van der Waals surface area contributed by atoms with Gasteiger partial charge in [-0.1, -0.05) is 13.0 Å². The Labute approximate surface area is 108 Å². The van der Waals surface area contributed by atoms with Crippen molar-refractivity contribution in [2.24, 2.45) is 5.92 Å². The highest BCUT2D eigenvalue weighted by Crippen LogP contribution is 2.21.